The van der Waals surface area contributed by atoms with Crippen LogP contribution in [0.5, 0.6) is 0 Å². The van der Waals surface area contributed by atoms with Gasteiger partial charge in [-0.15, -0.1) is 0 Å². The first-order valence-electron chi connectivity index (χ1n) is 7.98. The largest absolute Gasteiger partial charge is 0.322 e. The lowest BCUT2D eigenvalue weighted by molar-refractivity contribution is 0.122. The predicted molar refractivity (Wildman–Crippen MR) is 87.2 cm³/mol. The first-order valence-corrected chi connectivity index (χ1v) is 7.98. The molecule has 2 unspecified atom stereocenters. The number of nitrogens with one attached hydrogen (secondary N) is 1. The number of likely N-dealkylation sites (tertiary alicyclic amines) is 1. The minimum Gasteiger partial charge on any atom is -0.321 e. The van der Waals surface area contributed by atoms with Crippen molar-refractivity contribution >= 4 is 11.7 Å². The number of hydrogen-bond acceptors (Lipinski definition) is 2. The summed E-state index contributed by atoms with van der Waals surface area (Å²) in [6.45, 7) is 2.22. The van der Waals surface area contributed by atoms with E-state index in [4.69, 9.17) is 0 Å². The number of hydrogen-bond donors (Lipinski definition) is 1. The van der Waals surface area contributed by atoms with Crippen molar-refractivity contribution in [1.82, 2.24) is 14.7 Å². The highest BCUT2D eigenvalue weighted by atomic mass is 19.3. The lowest BCUT2D eigenvalue weighted by Gasteiger charge is -2.25. The van der Waals surface area contributed by atoms with Crippen LogP contribution in [0.3, 0.4) is 0 Å². The third-order valence-corrected chi connectivity index (χ3v) is 4.45. The standard InChI is InChI=1S/C17H20F2N4O/c1-12-15(13-5-3-2-4-6-13)7-8-23(12)17(24)21-14-9-20-22(10-14)11-16(18)19/h2-6,9-10,12,15-16H,7-8,11H2,1H3,(H,21,24). The van der Waals surface area contributed by atoms with Gasteiger partial charge in [0.05, 0.1) is 11.9 Å². The molecule has 0 aliphatic carbocycles. The molecule has 1 aliphatic heterocycles. The summed E-state index contributed by atoms with van der Waals surface area (Å²) in [4.78, 5) is 14.2. The Balaban J connectivity index is 1.62. The highest BCUT2D eigenvalue weighted by Crippen LogP contribution is 2.33. The zero-order valence-electron chi connectivity index (χ0n) is 13.4. The molecule has 7 heteroatoms. The smallest absolute Gasteiger partial charge is 0.321 e. The molecule has 0 saturated carbocycles. The van der Waals surface area contributed by atoms with Gasteiger partial charge in [-0.1, -0.05) is 30.3 Å². The van der Waals surface area contributed by atoms with Crippen molar-refractivity contribution in [2.45, 2.75) is 38.3 Å². The van der Waals surface area contributed by atoms with Gasteiger partial charge in [0.15, 0.2) is 0 Å². The summed E-state index contributed by atoms with van der Waals surface area (Å²) in [5.41, 5.74) is 1.65. The van der Waals surface area contributed by atoms with Crippen LogP contribution in [0.4, 0.5) is 19.3 Å². The number of halogens is 2. The third kappa shape index (κ3) is 3.55. The van der Waals surface area contributed by atoms with Gasteiger partial charge in [0.25, 0.3) is 6.43 Å². The minimum atomic E-state index is -2.47. The average molecular weight is 334 g/mol. The number of anilines is 1. The fourth-order valence-electron chi connectivity index (χ4n) is 3.24. The molecule has 5 nitrogen and oxygen atoms in total. The maximum Gasteiger partial charge on any atom is 0.322 e. The van der Waals surface area contributed by atoms with Gasteiger partial charge in [-0.25, -0.2) is 13.6 Å². The topological polar surface area (TPSA) is 50.2 Å². The lowest BCUT2D eigenvalue weighted by Crippen LogP contribution is -2.38. The quantitative estimate of drug-likeness (QED) is 0.929. The molecule has 2 atom stereocenters. The Kier molecular flexibility index (Phi) is 4.78. The van der Waals surface area contributed by atoms with Gasteiger partial charge in [-0.05, 0) is 18.9 Å². The highest BCUT2D eigenvalue weighted by molar-refractivity contribution is 5.89. The molecule has 2 heterocycles. The van der Waals surface area contributed by atoms with Gasteiger partial charge in [-0.2, -0.15) is 5.10 Å². The second kappa shape index (κ2) is 6.98. The summed E-state index contributed by atoms with van der Waals surface area (Å²) in [6.07, 6.45) is 1.23. The number of nitrogens with zero attached hydrogens (tertiary/aromatic N) is 3. The van der Waals surface area contributed by atoms with Crippen molar-refractivity contribution in [3.8, 4) is 0 Å². The Labute approximate surface area is 139 Å². The molecule has 2 aromatic rings. The van der Waals surface area contributed by atoms with Gasteiger partial charge in [-0.3, -0.25) is 4.68 Å². The molecule has 1 N–H and O–H groups in total. The van der Waals surface area contributed by atoms with Crippen LogP contribution in [0.15, 0.2) is 42.7 Å². The van der Waals surface area contributed by atoms with Gasteiger partial charge >= 0.3 is 6.03 Å². The van der Waals surface area contributed by atoms with Crippen LogP contribution >= 0.6 is 0 Å². The molecule has 2 amide bonds. The van der Waals surface area contributed by atoms with Crippen LogP contribution in [-0.2, 0) is 6.54 Å². The number of aromatic nitrogens is 2. The molecule has 1 aromatic heterocycles. The molecule has 0 bridgehead atoms. The van der Waals surface area contributed by atoms with Crippen LogP contribution < -0.4 is 5.32 Å². The van der Waals surface area contributed by atoms with Crippen LogP contribution in [0.2, 0.25) is 0 Å². The van der Waals surface area contributed by atoms with E-state index in [-0.39, 0.29) is 12.1 Å². The molecule has 1 fully saturated rings. The van der Waals surface area contributed by atoms with Crippen LogP contribution in [0.1, 0.15) is 24.8 Å². The molecular weight excluding hydrogens is 314 g/mol. The van der Waals surface area contributed by atoms with Crippen molar-refractivity contribution < 1.29 is 13.6 Å². The molecule has 0 spiro atoms. The normalized spacial score (nSPS) is 20.6. The zero-order valence-corrected chi connectivity index (χ0v) is 13.4. The number of urea groups is 1. The number of alkyl halides is 2. The summed E-state index contributed by atoms with van der Waals surface area (Å²) in [5.74, 6) is 0.304. The van der Waals surface area contributed by atoms with E-state index in [9.17, 15) is 13.6 Å². The SMILES string of the molecule is CC1C(c2ccccc2)CCN1C(=O)Nc1cnn(CC(F)F)c1. The fourth-order valence-corrected chi connectivity index (χ4v) is 3.24. The molecule has 1 aromatic carbocycles. The monoisotopic (exact) mass is 334 g/mol. The Morgan fingerprint density at radius 1 is 1.38 bits per heavy atom. The Bertz CT molecular complexity index is 689. The minimum absolute atomic E-state index is 0.0727. The average Bonchev–Trinajstić information content (AvgIpc) is 3.14. The molecule has 3 rings (SSSR count). The number of carbonyl (C=O) groups is 1. The maximum atomic E-state index is 12.5. The van der Waals surface area contributed by atoms with E-state index in [2.05, 4.69) is 22.5 Å². The second-order valence-electron chi connectivity index (χ2n) is 6.01. The van der Waals surface area contributed by atoms with Crippen LogP contribution in [0.25, 0.3) is 0 Å². The number of carbonyl (C=O) groups excluding carboxylic acids is 1. The molecule has 1 saturated heterocycles. The summed E-state index contributed by atoms with van der Waals surface area (Å²) in [5, 5.41) is 6.56. The Morgan fingerprint density at radius 2 is 2.12 bits per heavy atom. The lowest BCUT2D eigenvalue weighted by atomic mass is 9.93. The number of amides is 2. The molecule has 1 aliphatic rings. The molecule has 24 heavy (non-hydrogen) atoms. The number of rotatable bonds is 4. The van der Waals surface area contributed by atoms with E-state index in [0.29, 0.717) is 18.2 Å². The van der Waals surface area contributed by atoms with Gasteiger partial charge in [0, 0.05) is 24.7 Å². The van der Waals surface area contributed by atoms with Gasteiger partial charge in [0.2, 0.25) is 0 Å². The number of benzene rings is 1. The molecule has 0 radical (unpaired) electrons. The van der Waals surface area contributed by atoms with E-state index in [1.807, 2.05) is 25.1 Å². The van der Waals surface area contributed by atoms with Gasteiger partial charge < -0.3 is 10.2 Å². The summed E-state index contributed by atoms with van der Waals surface area (Å²) < 4.78 is 25.8. The fraction of sp³-hybridized carbons (Fsp3) is 0.412. The van der Waals surface area contributed by atoms with Crippen molar-refractivity contribution in [3.05, 3.63) is 48.3 Å². The molecule has 128 valence electrons. The van der Waals surface area contributed by atoms with E-state index in [1.165, 1.54) is 18.0 Å². The third-order valence-electron chi connectivity index (χ3n) is 4.45. The van der Waals surface area contributed by atoms with E-state index in [0.717, 1.165) is 11.1 Å². The van der Waals surface area contributed by atoms with Crippen molar-refractivity contribution in [2.75, 3.05) is 11.9 Å². The first-order chi connectivity index (χ1) is 11.5. The summed E-state index contributed by atoms with van der Waals surface area (Å²) in [7, 11) is 0. The first kappa shape index (κ1) is 16.4. The Morgan fingerprint density at radius 3 is 2.83 bits per heavy atom. The van der Waals surface area contributed by atoms with E-state index < -0.39 is 13.0 Å². The van der Waals surface area contributed by atoms with Crippen molar-refractivity contribution in [2.24, 2.45) is 0 Å². The summed E-state index contributed by atoms with van der Waals surface area (Å²) in [6, 6.07) is 9.99. The van der Waals surface area contributed by atoms with Crippen molar-refractivity contribution in [1.29, 1.82) is 0 Å². The van der Waals surface area contributed by atoms with Crippen LogP contribution in [-0.4, -0.2) is 39.7 Å². The van der Waals surface area contributed by atoms with Crippen LogP contribution in [0, 0.1) is 0 Å². The Hall–Kier alpha value is -2.44. The van der Waals surface area contributed by atoms with Crippen molar-refractivity contribution in [3.63, 3.8) is 0 Å². The van der Waals surface area contributed by atoms with E-state index >= 15 is 0 Å². The summed E-state index contributed by atoms with van der Waals surface area (Å²) >= 11 is 0. The molecular formula is C17H20F2N4O. The zero-order chi connectivity index (χ0) is 17.1. The van der Waals surface area contributed by atoms with E-state index in [1.54, 1.807) is 4.90 Å². The maximum absolute atomic E-state index is 12.5. The van der Waals surface area contributed by atoms with Gasteiger partial charge in [0.1, 0.15) is 6.54 Å². The second-order valence-corrected chi connectivity index (χ2v) is 6.01. The predicted octanol–water partition coefficient (Wildman–Crippen LogP) is 3.56. The highest BCUT2D eigenvalue weighted by Gasteiger charge is 2.34.